The van der Waals surface area contributed by atoms with Crippen molar-refractivity contribution in [2.75, 3.05) is 13.2 Å². The molecule has 0 rings (SSSR count). The highest BCUT2D eigenvalue weighted by atomic mass is 16.5. The predicted octanol–water partition coefficient (Wildman–Crippen LogP) is 13.3. The highest BCUT2D eigenvalue weighted by Crippen LogP contribution is 2.14. The Balaban J connectivity index is 3.05. The summed E-state index contributed by atoms with van der Waals surface area (Å²) in [6, 6.07) is 0. The molecule has 0 heterocycles. The van der Waals surface area contributed by atoms with Crippen molar-refractivity contribution in [3.63, 3.8) is 0 Å². The molecule has 0 radical (unpaired) electrons. The predicted molar refractivity (Wildman–Crippen MR) is 170 cm³/mol. The van der Waals surface area contributed by atoms with Crippen LogP contribution in [0.2, 0.25) is 0 Å². The Hall–Kier alpha value is -0.300. The van der Waals surface area contributed by atoms with E-state index in [2.05, 4.69) is 26.0 Å². The van der Waals surface area contributed by atoms with Gasteiger partial charge in [0, 0.05) is 13.2 Å². The van der Waals surface area contributed by atoms with Crippen LogP contribution in [0.4, 0.5) is 0 Å². The molecule has 0 aromatic heterocycles. The molecule has 0 aliphatic rings. The third-order valence-corrected chi connectivity index (χ3v) is 7.94. The summed E-state index contributed by atoms with van der Waals surface area (Å²) in [7, 11) is 0. The summed E-state index contributed by atoms with van der Waals surface area (Å²) >= 11 is 0. The summed E-state index contributed by atoms with van der Waals surface area (Å²) in [5.74, 6) is 0. The van der Waals surface area contributed by atoms with Crippen molar-refractivity contribution in [3.05, 3.63) is 12.2 Å². The maximum atomic E-state index is 5.86. The van der Waals surface area contributed by atoms with E-state index in [1.807, 2.05) is 0 Å². The van der Waals surface area contributed by atoms with E-state index in [1.165, 1.54) is 193 Å². The van der Waals surface area contributed by atoms with Crippen LogP contribution in [-0.4, -0.2) is 13.2 Å². The van der Waals surface area contributed by atoms with Crippen molar-refractivity contribution in [2.24, 2.45) is 0 Å². The molecule has 0 saturated heterocycles. The van der Waals surface area contributed by atoms with Crippen molar-refractivity contribution < 1.29 is 4.74 Å². The van der Waals surface area contributed by atoms with Crippen LogP contribution in [-0.2, 0) is 4.74 Å². The average Bonchev–Trinajstić information content (AvgIpc) is 2.91. The Bertz CT molecular complexity index is 401. The molecule has 0 atom stereocenters. The van der Waals surface area contributed by atoms with E-state index in [0.717, 1.165) is 13.2 Å². The quantitative estimate of drug-likeness (QED) is 0.0617. The Labute approximate surface area is 236 Å². The first-order chi connectivity index (χ1) is 18.4. The monoisotopic (exact) mass is 521 g/mol. The minimum absolute atomic E-state index is 0.986. The van der Waals surface area contributed by atoms with Crippen LogP contribution < -0.4 is 0 Å². The average molecular weight is 521 g/mol. The van der Waals surface area contributed by atoms with Gasteiger partial charge in [-0.3, -0.25) is 0 Å². The molecule has 222 valence electrons. The molecule has 0 aliphatic carbocycles. The van der Waals surface area contributed by atoms with Crippen molar-refractivity contribution in [1.29, 1.82) is 0 Å². The van der Waals surface area contributed by atoms with E-state index in [1.54, 1.807) is 0 Å². The van der Waals surface area contributed by atoms with Crippen molar-refractivity contribution >= 4 is 0 Å². The smallest absolute Gasteiger partial charge is 0.0466 e. The van der Waals surface area contributed by atoms with Gasteiger partial charge in [0.2, 0.25) is 0 Å². The zero-order valence-corrected chi connectivity index (χ0v) is 26.2. The highest BCUT2D eigenvalue weighted by molar-refractivity contribution is 4.81. The van der Waals surface area contributed by atoms with Crippen molar-refractivity contribution in [1.82, 2.24) is 0 Å². The van der Waals surface area contributed by atoms with Gasteiger partial charge in [-0.25, -0.2) is 0 Å². The fraction of sp³-hybridized carbons (Fsp3) is 0.944. The van der Waals surface area contributed by atoms with Crippen LogP contribution in [0.1, 0.15) is 206 Å². The normalized spacial score (nSPS) is 11.7. The summed E-state index contributed by atoms with van der Waals surface area (Å²) in [5.41, 5.74) is 0. The van der Waals surface area contributed by atoms with Gasteiger partial charge in [0.15, 0.2) is 0 Å². The van der Waals surface area contributed by atoms with Gasteiger partial charge < -0.3 is 4.74 Å². The van der Waals surface area contributed by atoms with Gasteiger partial charge in [0.05, 0.1) is 0 Å². The molecule has 0 N–H and O–H groups in total. The maximum Gasteiger partial charge on any atom is 0.0466 e. The van der Waals surface area contributed by atoms with Gasteiger partial charge in [-0.1, -0.05) is 180 Å². The Morgan fingerprint density at radius 3 is 0.838 bits per heavy atom. The summed E-state index contributed by atoms with van der Waals surface area (Å²) in [6.07, 6.45) is 47.1. The summed E-state index contributed by atoms with van der Waals surface area (Å²) in [4.78, 5) is 0. The van der Waals surface area contributed by atoms with Crippen LogP contribution in [0.25, 0.3) is 0 Å². The Morgan fingerprint density at radius 1 is 0.297 bits per heavy atom. The molecule has 1 nitrogen and oxygen atoms in total. The molecule has 0 aromatic carbocycles. The second kappa shape index (κ2) is 35.7. The largest absolute Gasteiger partial charge is 0.381 e. The first kappa shape index (κ1) is 36.7. The van der Waals surface area contributed by atoms with Crippen LogP contribution in [0.5, 0.6) is 0 Å². The molecule has 0 fully saturated rings. The van der Waals surface area contributed by atoms with Gasteiger partial charge in [-0.15, -0.1) is 0 Å². The Kier molecular flexibility index (Phi) is 35.4. The van der Waals surface area contributed by atoms with Gasteiger partial charge in [0.1, 0.15) is 0 Å². The van der Waals surface area contributed by atoms with Gasteiger partial charge >= 0.3 is 0 Å². The number of hydrogen-bond acceptors (Lipinski definition) is 1. The third kappa shape index (κ3) is 35.7. The zero-order valence-electron chi connectivity index (χ0n) is 26.2. The number of hydrogen-bond donors (Lipinski definition) is 0. The minimum atomic E-state index is 0.986. The molecule has 0 saturated carbocycles. The van der Waals surface area contributed by atoms with E-state index in [9.17, 15) is 0 Å². The fourth-order valence-corrected chi connectivity index (χ4v) is 5.31. The van der Waals surface area contributed by atoms with Gasteiger partial charge in [-0.05, 0) is 38.5 Å². The van der Waals surface area contributed by atoms with Gasteiger partial charge in [-0.2, -0.15) is 0 Å². The van der Waals surface area contributed by atoms with E-state index < -0.39 is 0 Å². The number of allylic oxidation sites excluding steroid dienone is 2. The highest BCUT2D eigenvalue weighted by Gasteiger charge is 1.96. The fourth-order valence-electron chi connectivity index (χ4n) is 5.31. The molecular weight excluding hydrogens is 448 g/mol. The molecular formula is C36H72O. The lowest BCUT2D eigenvalue weighted by Gasteiger charge is -2.05. The van der Waals surface area contributed by atoms with Crippen LogP contribution >= 0.6 is 0 Å². The van der Waals surface area contributed by atoms with Crippen molar-refractivity contribution in [3.8, 4) is 0 Å². The third-order valence-electron chi connectivity index (χ3n) is 7.94. The lowest BCUT2D eigenvalue weighted by atomic mass is 10.0. The summed E-state index contributed by atoms with van der Waals surface area (Å²) < 4.78 is 5.86. The summed E-state index contributed by atoms with van der Waals surface area (Å²) in [5, 5.41) is 0. The van der Waals surface area contributed by atoms with E-state index in [-0.39, 0.29) is 0 Å². The summed E-state index contributed by atoms with van der Waals surface area (Å²) in [6.45, 7) is 6.57. The standard InChI is InChI=1S/C36H72O/c1-3-5-7-9-11-13-15-17-19-21-23-25-27-29-31-33-35-37-36-34-32-30-28-26-24-22-20-18-16-14-12-10-8-6-4-2/h17,19H,3-16,18,20-36H2,1-2H3/b19-17-. The Morgan fingerprint density at radius 2 is 0.541 bits per heavy atom. The minimum Gasteiger partial charge on any atom is -0.381 e. The van der Waals surface area contributed by atoms with E-state index >= 15 is 0 Å². The first-order valence-corrected chi connectivity index (χ1v) is 17.6. The zero-order chi connectivity index (χ0) is 26.7. The maximum absolute atomic E-state index is 5.86. The van der Waals surface area contributed by atoms with Crippen LogP contribution in [0, 0.1) is 0 Å². The molecule has 0 amide bonds. The van der Waals surface area contributed by atoms with E-state index in [4.69, 9.17) is 4.74 Å². The second-order valence-corrected chi connectivity index (χ2v) is 11.9. The topological polar surface area (TPSA) is 9.23 Å². The second-order valence-electron chi connectivity index (χ2n) is 11.9. The molecule has 0 aromatic rings. The molecule has 37 heavy (non-hydrogen) atoms. The first-order valence-electron chi connectivity index (χ1n) is 17.6. The van der Waals surface area contributed by atoms with Crippen LogP contribution in [0.15, 0.2) is 12.2 Å². The molecule has 1 heteroatoms. The lowest BCUT2D eigenvalue weighted by molar-refractivity contribution is 0.125. The van der Waals surface area contributed by atoms with Crippen molar-refractivity contribution in [2.45, 2.75) is 206 Å². The molecule has 0 aliphatic heterocycles. The lowest BCUT2D eigenvalue weighted by Crippen LogP contribution is -1.97. The molecule has 0 bridgehead atoms. The molecule has 0 unspecified atom stereocenters. The number of ether oxygens (including phenoxy) is 1. The number of unbranched alkanes of at least 4 members (excludes halogenated alkanes) is 27. The number of rotatable bonds is 33. The van der Waals surface area contributed by atoms with Crippen LogP contribution in [0.3, 0.4) is 0 Å². The molecule has 0 spiro atoms. The SMILES string of the molecule is CCCCCCCC/C=C\CCCCCCCCOCCCCCCCCCCCCCCCCCC. The van der Waals surface area contributed by atoms with E-state index in [0.29, 0.717) is 0 Å². The van der Waals surface area contributed by atoms with Gasteiger partial charge in [0.25, 0.3) is 0 Å².